The van der Waals surface area contributed by atoms with Crippen molar-refractivity contribution < 1.29 is 5.11 Å². The molecule has 0 bridgehead atoms. The zero-order valence-corrected chi connectivity index (χ0v) is 11.4. The topological polar surface area (TPSA) is 45.1 Å². The fourth-order valence-electron chi connectivity index (χ4n) is 1.50. The molecule has 1 rings (SSSR count). The average molecular weight is 242 g/mol. The lowest BCUT2D eigenvalue weighted by Crippen LogP contribution is -2.40. The number of thiazole rings is 1. The number of nitrogens with one attached hydrogen (secondary N) is 1. The van der Waals surface area contributed by atoms with Crippen LogP contribution in [0.2, 0.25) is 0 Å². The first kappa shape index (κ1) is 13.6. The summed E-state index contributed by atoms with van der Waals surface area (Å²) in [5.41, 5.74) is 1.27. The van der Waals surface area contributed by atoms with Crippen molar-refractivity contribution in [2.75, 3.05) is 6.54 Å². The van der Waals surface area contributed by atoms with Crippen LogP contribution < -0.4 is 5.32 Å². The van der Waals surface area contributed by atoms with E-state index in [2.05, 4.69) is 31.1 Å². The SMILES string of the molecule is CC(O)(CCNC(C)(C)C)Cc1cncs1. The summed E-state index contributed by atoms with van der Waals surface area (Å²) in [5.74, 6) is 0. The molecule has 92 valence electrons. The minimum Gasteiger partial charge on any atom is -0.390 e. The van der Waals surface area contributed by atoms with E-state index < -0.39 is 5.60 Å². The number of nitrogens with zero attached hydrogens (tertiary/aromatic N) is 1. The maximum atomic E-state index is 10.2. The highest BCUT2D eigenvalue weighted by Crippen LogP contribution is 2.19. The Morgan fingerprint density at radius 1 is 1.38 bits per heavy atom. The molecule has 0 saturated carbocycles. The van der Waals surface area contributed by atoms with Crippen LogP contribution >= 0.6 is 11.3 Å². The van der Waals surface area contributed by atoms with Gasteiger partial charge in [0.15, 0.2) is 0 Å². The summed E-state index contributed by atoms with van der Waals surface area (Å²) in [5, 5.41) is 13.6. The highest BCUT2D eigenvalue weighted by molar-refractivity contribution is 7.09. The summed E-state index contributed by atoms with van der Waals surface area (Å²) in [6.45, 7) is 9.10. The molecular formula is C12H22N2OS. The van der Waals surface area contributed by atoms with E-state index in [0.717, 1.165) is 17.8 Å². The molecule has 2 N–H and O–H groups in total. The maximum Gasteiger partial charge on any atom is 0.0794 e. The quantitative estimate of drug-likeness (QED) is 0.832. The van der Waals surface area contributed by atoms with E-state index in [0.29, 0.717) is 6.42 Å². The van der Waals surface area contributed by atoms with Gasteiger partial charge in [0.05, 0.1) is 11.1 Å². The first-order valence-corrected chi connectivity index (χ1v) is 6.51. The van der Waals surface area contributed by atoms with Gasteiger partial charge in [0.25, 0.3) is 0 Å². The Bertz CT molecular complexity index is 301. The number of aliphatic hydroxyl groups is 1. The Hall–Kier alpha value is -0.450. The van der Waals surface area contributed by atoms with E-state index in [9.17, 15) is 5.11 Å². The van der Waals surface area contributed by atoms with Crippen molar-refractivity contribution in [2.24, 2.45) is 0 Å². The standard InChI is InChI=1S/C12H22N2OS/c1-11(2,3)14-6-5-12(4,15)7-10-8-13-9-16-10/h8-9,14-15H,5-7H2,1-4H3. The van der Waals surface area contributed by atoms with Crippen molar-refractivity contribution in [1.82, 2.24) is 10.3 Å². The zero-order chi connectivity index (χ0) is 12.2. The second kappa shape index (κ2) is 5.25. The van der Waals surface area contributed by atoms with Gasteiger partial charge in [-0.15, -0.1) is 11.3 Å². The van der Waals surface area contributed by atoms with Crippen LogP contribution in [0.3, 0.4) is 0 Å². The van der Waals surface area contributed by atoms with E-state index >= 15 is 0 Å². The maximum absolute atomic E-state index is 10.2. The fraction of sp³-hybridized carbons (Fsp3) is 0.750. The fourth-order valence-corrected chi connectivity index (χ4v) is 2.27. The highest BCUT2D eigenvalue weighted by Gasteiger charge is 2.22. The van der Waals surface area contributed by atoms with Crippen LogP contribution in [0.5, 0.6) is 0 Å². The van der Waals surface area contributed by atoms with Gasteiger partial charge >= 0.3 is 0 Å². The van der Waals surface area contributed by atoms with Crippen LogP contribution in [0, 0.1) is 0 Å². The van der Waals surface area contributed by atoms with Crippen molar-refractivity contribution in [1.29, 1.82) is 0 Å². The van der Waals surface area contributed by atoms with Crippen LogP contribution in [-0.4, -0.2) is 27.8 Å². The molecule has 4 heteroatoms. The molecule has 1 atom stereocenters. The van der Waals surface area contributed by atoms with Gasteiger partial charge in [-0.2, -0.15) is 0 Å². The summed E-state index contributed by atoms with van der Waals surface area (Å²) in [7, 11) is 0. The Balaban J connectivity index is 2.34. The summed E-state index contributed by atoms with van der Waals surface area (Å²) in [6.07, 6.45) is 3.27. The molecule has 16 heavy (non-hydrogen) atoms. The molecule has 0 aliphatic heterocycles. The molecule has 3 nitrogen and oxygen atoms in total. The van der Waals surface area contributed by atoms with Gasteiger partial charge in [0, 0.05) is 23.0 Å². The third-order valence-corrected chi connectivity index (χ3v) is 3.14. The van der Waals surface area contributed by atoms with Gasteiger partial charge < -0.3 is 10.4 Å². The van der Waals surface area contributed by atoms with E-state index in [-0.39, 0.29) is 5.54 Å². The molecule has 0 spiro atoms. The van der Waals surface area contributed by atoms with Crippen LogP contribution in [0.4, 0.5) is 0 Å². The van der Waals surface area contributed by atoms with Crippen molar-refractivity contribution in [3.63, 3.8) is 0 Å². The average Bonchev–Trinajstić information content (AvgIpc) is 2.52. The largest absolute Gasteiger partial charge is 0.390 e. The number of hydrogen-bond acceptors (Lipinski definition) is 4. The zero-order valence-electron chi connectivity index (χ0n) is 10.6. The Morgan fingerprint density at radius 2 is 2.06 bits per heavy atom. The van der Waals surface area contributed by atoms with Gasteiger partial charge in [-0.1, -0.05) is 0 Å². The second-order valence-corrected chi connectivity index (χ2v) is 6.54. The summed E-state index contributed by atoms with van der Waals surface area (Å²) in [6, 6.07) is 0. The lowest BCUT2D eigenvalue weighted by atomic mass is 9.97. The van der Waals surface area contributed by atoms with Gasteiger partial charge in [-0.05, 0) is 40.7 Å². The van der Waals surface area contributed by atoms with Gasteiger partial charge in [-0.3, -0.25) is 4.98 Å². The second-order valence-electron chi connectivity index (χ2n) is 5.57. The van der Waals surface area contributed by atoms with E-state index in [1.165, 1.54) is 0 Å². The molecule has 0 aromatic carbocycles. The van der Waals surface area contributed by atoms with Gasteiger partial charge in [0.2, 0.25) is 0 Å². The lowest BCUT2D eigenvalue weighted by Gasteiger charge is -2.26. The van der Waals surface area contributed by atoms with Crippen molar-refractivity contribution in [2.45, 2.75) is 51.7 Å². The molecule has 1 aromatic rings. The number of hydrogen-bond donors (Lipinski definition) is 2. The normalized spacial score (nSPS) is 16.1. The Morgan fingerprint density at radius 3 is 2.56 bits per heavy atom. The predicted molar refractivity (Wildman–Crippen MR) is 68.8 cm³/mol. The first-order chi connectivity index (χ1) is 7.29. The Labute approximate surface area is 102 Å². The van der Waals surface area contributed by atoms with Crippen molar-refractivity contribution in [3.05, 3.63) is 16.6 Å². The Kier molecular flexibility index (Phi) is 4.47. The van der Waals surface area contributed by atoms with Crippen molar-refractivity contribution in [3.8, 4) is 0 Å². The van der Waals surface area contributed by atoms with Crippen LogP contribution in [0.25, 0.3) is 0 Å². The van der Waals surface area contributed by atoms with E-state index in [1.807, 2.05) is 13.1 Å². The van der Waals surface area contributed by atoms with Crippen LogP contribution in [-0.2, 0) is 6.42 Å². The predicted octanol–water partition coefficient (Wildman–Crippen LogP) is 2.21. The number of rotatable bonds is 5. The molecule has 1 unspecified atom stereocenters. The van der Waals surface area contributed by atoms with E-state index in [1.54, 1.807) is 16.8 Å². The summed E-state index contributed by atoms with van der Waals surface area (Å²) >= 11 is 1.60. The highest BCUT2D eigenvalue weighted by atomic mass is 32.1. The molecule has 0 amide bonds. The van der Waals surface area contributed by atoms with Crippen LogP contribution in [0.1, 0.15) is 39.0 Å². The molecule has 0 aliphatic rings. The molecule has 0 radical (unpaired) electrons. The minimum absolute atomic E-state index is 0.112. The van der Waals surface area contributed by atoms with E-state index in [4.69, 9.17) is 0 Å². The number of aromatic nitrogens is 1. The third kappa shape index (κ3) is 5.58. The van der Waals surface area contributed by atoms with Gasteiger partial charge in [0.1, 0.15) is 0 Å². The monoisotopic (exact) mass is 242 g/mol. The first-order valence-electron chi connectivity index (χ1n) is 5.63. The third-order valence-electron chi connectivity index (χ3n) is 2.36. The minimum atomic E-state index is -0.648. The summed E-state index contributed by atoms with van der Waals surface area (Å²) in [4.78, 5) is 5.16. The molecule has 0 saturated heterocycles. The van der Waals surface area contributed by atoms with Gasteiger partial charge in [-0.25, -0.2) is 0 Å². The smallest absolute Gasteiger partial charge is 0.0794 e. The molecule has 1 heterocycles. The molecular weight excluding hydrogens is 220 g/mol. The molecule has 0 aliphatic carbocycles. The lowest BCUT2D eigenvalue weighted by molar-refractivity contribution is 0.0507. The molecule has 1 aromatic heterocycles. The van der Waals surface area contributed by atoms with Crippen LogP contribution in [0.15, 0.2) is 11.7 Å². The van der Waals surface area contributed by atoms with Crippen molar-refractivity contribution >= 4 is 11.3 Å². The molecule has 0 fully saturated rings. The summed E-state index contributed by atoms with van der Waals surface area (Å²) < 4.78 is 0.